The van der Waals surface area contributed by atoms with Gasteiger partial charge in [-0.3, -0.25) is 4.79 Å². The molecule has 5 aromatic rings. The van der Waals surface area contributed by atoms with E-state index >= 15 is 0 Å². The molecule has 250 valence electrons. The molecule has 0 atom stereocenters. The molecule has 5 aromatic carbocycles. The lowest BCUT2D eigenvalue weighted by Crippen LogP contribution is -1.97. The molecule has 2 aliphatic heterocycles. The van der Waals surface area contributed by atoms with Gasteiger partial charge in [0.1, 0.15) is 17.2 Å². The highest BCUT2D eigenvalue weighted by Gasteiger charge is 2.30. The maximum absolute atomic E-state index is 11.4. The average molecular weight is 673 g/mol. The molecule has 0 unspecified atom stereocenters. The number of carbonyl (C=O) groups excluding carboxylic acids is 5. The van der Waals surface area contributed by atoms with Crippen molar-refractivity contribution in [3.05, 3.63) is 149 Å². The minimum atomic E-state index is -0.721. The minimum Gasteiger partial charge on any atom is -0.457 e. The van der Waals surface area contributed by atoms with Gasteiger partial charge >= 0.3 is 23.9 Å². The van der Waals surface area contributed by atoms with Crippen molar-refractivity contribution in [1.82, 2.24) is 0 Å². The normalized spacial score (nSPS) is 11.6. The van der Waals surface area contributed by atoms with Gasteiger partial charge in [-0.2, -0.15) is 0 Å². The van der Waals surface area contributed by atoms with Crippen LogP contribution in [0.25, 0.3) is 0 Å². The number of benzene rings is 5. The Morgan fingerprint density at radius 2 is 0.980 bits per heavy atom. The van der Waals surface area contributed by atoms with Crippen LogP contribution in [0.15, 0.2) is 115 Å². The predicted octanol–water partition coefficient (Wildman–Crippen LogP) is 5.18. The van der Waals surface area contributed by atoms with Crippen molar-refractivity contribution in [2.75, 3.05) is 18.6 Å². The van der Waals surface area contributed by atoms with E-state index in [0.29, 0.717) is 11.1 Å². The maximum Gasteiger partial charge on any atom is 0.347 e. The van der Waals surface area contributed by atoms with Gasteiger partial charge in [0.15, 0.2) is 0 Å². The number of carbonyl (C=O) groups is 5. The summed E-state index contributed by atoms with van der Waals surface area (Å²) in [4.78, 5) is 54.8. The summed E-state index contributed by atoms with van der Waals surface area (Å²) in [6.07, 6.45) is 0. The second kappa shape index (κ2) is 17.1. The number of nitrogens with two attached hydrogens (primary N) is 2. The third-order valence-electron chi connectivity index (χ3n) is 6.57. The quantitative estimate of drug-likeness (QED) is 0.0745. The van der Waals surface area contributed by atoms with Crippen molar-refractivity contribution < 1.29 is 48.0 Å². The molecule has 2 heterocycles. The Balaban J connectivity index is 0.000000167. The monoisotopic (exact) mass is 672 g/mol. The van der Waals surface area contributed by atoms with Gasteiger partial charge in [-0.1, -0.05) is 30.0 Å². The Labute approximate surface area is 285 Å². The molecular weight excluding hydrogens is 644 g/mol. The molecule has 0 saturated heterocycles. The fourth-order valence-electron chi connectivity index (χ4n) is 4.23. The smallest absolute Gasteiger partial charge is 0.347 e. The zero-order valence-corrected chi connectivity index (χ0v) is 26.3. The van der Waals surface area contributed by atoms with Crippen LogP contribution < -0.4 is 20.9 Å². The number of aliphatic hydroxyl groups is 1. The third-order valence-corrected chi connectivity index (χ3v) is 6.57. The molecule has 0 spiro atoms. The van der Waals surface area contributed by atoms with Crippen molar-refractivity contribution >= 4 is 41.7 Å². The number of hydrogen-bond acceptors (Lipinski definition) is 12. The fourth-order valence-corrected chi connectivity index (χ4v) is 4.23. The first kappa shape index (κ1) is 35.6. The lowest BCUT2D eigenvalue weighted by atomic mass is 10.1. The van der Waals surface area contributed by atoms with Gasteiger partial charge < -0.3 is 35.5 Å². The summed E-state index contributed by atoms with van der Waals surface area (Å²) in [6, 6.07) is 33.0. The van der Waals surface area contributed by atoms with E-state index in [9.17, 15) is 24.0 Å². The molecule has 5 N–H and O–H groups in total. The predicted molar refractivity (Wildman–Crippen MR) is 181 cm³/mol. The van der Waals surface area contributed by atoms with Crippen molar-refractivity contribution in [3.63, 3.8) is 0 Å². The summed E-state index contributed by atoms with van der Waals surface area (Å²) in [7, 11) is 1.00. The molecule has 12 heteroatoms. The van der Waals surface area contributed by atoms with Gasteiger partial charge in [0.2, 0.25) is 0 Å². The van der Waals surface area contributed by atoms with Crippen LogP contribution in [0.3, 0.4) is 0 Å². The number of aliphatic hydroxyl groups excluding tert-OH is 1. The van der Waals surface area contributed by atoms with E-state index in [1.807, 2.05) is 54.6 Å². The van der Waals surface area contributed by atoms with E-state index < -0.39 is 23.9 Å². The van der Waals surface area contributed by atoms with Gasteiger partial charge in [0, 0.05) is 29.6 Å². The van der Waals surface area contributed by atoms with Crippen LogP contribution in [-0.2, 0) is 14.3 Å². The Morgan fingerprint density at radius 3 is 1.50 bits per heavy atom. The molecule has 0 aliphatic carbocycles. The first-order valence-electron chi connectivity index (χ1n) is 14.5. The van der Waals surface area contributed by atoms with Crippen molar-refractivity contribution in [3.8, 4) is 29.1 Å². The maximum atomic E-state index is 11.4. The number of cyclic esters (lactones) is 4. The van der Waals surface area contributed by atoms with Crippen LogP contribution in [-0.4, -0.2) is 42.6 Å². The molecule has 0 aromatic heterocycles. The van der Waals surface area contributed by atoms with E-state index in [4.69, 9.17) is 21.3 Å². The second-order valence-electron chi connectivity index (χ2n) is 9.89. The van der Waals surface area contributed by atoms with Crippen molar-refractivity contribution in [1.29, 1.82) is 0 Å². The summed E-state index contributed by atoms with van der Waals surface area (Å²) in [5.74, 6) is 5.06. The zero-order valence-electron chi connectivity index (χ0n) is 26.3. The lowest BCUT2D eigenvalue weighted by Gasteiger charge is -2.05. The number of esters is 4. The first-order valence-corrected chi connectivity index (χ1v) is 14.5. The largest absolute Gasteiger partial charge is 0.457 e. The number of ether oxygens (including phenoxy) is 4. The van der Waals surface area contributed by atoms with Crippen LogP contribution >= 0.6 is 0 Å². The number of rotatable bonds is 4. The summed E-state index contributed by atoms with van der Waals surface area (Å²) in [6.45, 7) is 0.240. The molecule has 0 fully saturated rings. The summed E-state index contributed by atoms with van der Waals surface area (Å²) in [5.41, 5.74) is 15.0. The number of hydrogen-bond donors (Lipinski definition) is 3. The van der Waals surface area contributed by atoms with E-state index in [2.05, 4.69) is 26.1 Å². The number of nitrogen functional groups attached to an aromatic ring is 2. The third kappa shape index (κ3) is 9.41. The molecule has 0 bridgehead atoms. The highest BCUT2D eigenvalue weighted by molar-refractivity contribution is 6.15. The van der Waals surface area contributed by atoms with E-state index in [0.717, 1.165) is 35.5 Å². The van der Waals surface area contributed by atoms with Crippen LogP contribution in [0, 0.1) is 11.8 Å². The molecule has 0 amide bonds. The molecule has 7 rings (SSSR count). The fraction of sp³-hybridized carbons (Fsp3) is 0.0263. The molecular formula is C38H28N2O10. The zero-order chi connectivity index (χ0) is 36.0. The molecule has 50 heavy (non-hydrogen) atoms. The number of fused-ring (bicyclic) bond motifs is 2. The highest BCUT2D eigenvalue weighted by Crippen LogP contribution is 2.25. The van der Waals surface area contributed by atoms with Crippen molar-refractivity contribution in [2.24, 2.45) is 0 Å². The summed E-state index contributed by atoms with van der Waals surface area (Å²) < 4.78 is 19.0. The topological polar surface area (TPSA) is 195 Å². The molecule has 0 saturated carbocycles. The molecule has 12 nitrogen and oxygen atoms in total. The molecule has 0 radical (unpaired) electrons. The van der Waals surface area contributed by atoms with Gasteiger partial charge in [-0.25, -0.2) is 19.2 Å². The van der Waals surface area contributed by atoms with Crippen LogP contribution in [0.4, 0.5) is 11.4 Å². The lowest BCUT2D eigenvalue weighted by molar-refractivity contribution is -0.120. The standard InChI is InChI=1S/C16H8O3.C12H12N2O.C9H4O5.CH4O/c17-15-13-9-8-12(10-14(13)16(18)19-15)7-6-11-4-2-1-3-5-11;13-9-1-5-11(6-2-9)15-12-7-3-10(14)4-8-12;10-4-13-5-1-2-6-7(3-5)9(12)14-8(6)11;1-2/h1-5,8-10H;1-8H,13-14H2;1-4H;2H,1H3. The van der Waals surface area contributed by atoms with Crippen LogP contribution in [0.2, 0.25) is 0 Å². The van der Waals surface area contributed by atoms with E-state index in [1.165, 1.54) is 18.2 Å². The minimum absolute atomic E-state index is 0.120. The Morgan fingerprint density at radius 1 is 0.540 bits per heavy atom. The van der Waals surface area contributed by atoms with E-state index in [-0.39, 0.29) is 28.9 Å². The van der Waals surface area contributed by atoms with Crippen LogP contribution in [0.5, 0.6) is 17.2 Å². The van der Waals surface area contributed by atoms with Gasteiger partial charge in [-0.15, -0.1) is 0 Å². The van der Waals surface area contributed by atoms with E-state index in [1.54, 1.807) is 42.5 Å². The number of anilines is 2. The van der Waals surface area contributed by atoms with Crippen LogP contribution in [0.1, 0.15) is 52.6 Å². The van der Waals surface area contributed by atoms with Crippen molar-refractivity contribution in [2.45, 2.75) is 0 Å². The highest BCUT2D eigenvalue weighted by atomic mass is 16.6. The Hall–Kier alpha value is -7.23. The SMILES string of the molecule is CO.Nc1ccc(Oc2ccc(N)cc2)cc1.O=C1OC(=O)c2cc(C#Cc3ccccc3)ccc21.O=COc1ccc2c(c1)C(=O)OC2=O. The Bertz CT molecular complexity index is 2040. The summed E-state index contributed by atoms with van der Waals surface area (Å²) >= 11 is 0. The first-order chi connectivity index (χ1) is 24.2. The van der Waals surface area contributed by atoms with Gasteiger partial charge in [0.05, 0.1) is 22.3 Å². The Kier molecular flexibility index (Phi) is 12.2. The van der Waals surface area contributed by atoms with Gasteiger partial charge in [-0.05, 0) is 97.1 Å². The molecule has 2 aliphatic rings. The summed E-state index contributed by atoms with van der Waals surface area (Å²) in [5, 5.41) is 7.00. The van der Waals surface area contributed by atoms with Gasteiger partial charge in [0.25, 0.3) is 6.47 Å². The average Bonchev–Trinajstić information content (AvgIpc) is 3.59. The second-order valence-corrected chi connectivity index (χ2v) is 9.89.